The van der Waals surface area contributed by atoms with Gasteiger partial charge in [-0.3, -0.25) is 9.59 Å². The van der Waals surface area contributed by atoms with Gasteiger partial charge >= 0.3 is 12.3 Å². The van der Waals surface area contributed by atoms with Gasteiger partial charge in [0.2, 0.25) is 10.0 Å². The van der Waals surface area contributed by atoms with Gasteiger partial charge in [-0.1, -0.05) is 18.2 Å². The maximum Gasteiger partial charge on any atom is 0.573 e. The van der Waals surface area contributed by atoms with Crippen molar-refractivity contribution in [3.8, 4) is 5.75 Å². The van der Waals surface area contributed by atoms with Crippen molar-refractivity contribution in [2.75, 3.05) is 6.54 Å². The summed E-state index contributed by atoms with van der Waals surface area (Å²) in [5.41, 5.74) is 0.134. The average molecular weight is 443 g/mol. The summed E-state index contributed by atoms with van der Waals surface area (Å²) < 4.78 is 67.4. The summed E-state index contributed by atoms with van der Waals surface area (Å²) in [6, 6.07) is 10.1. The fourth-order valence-corrected chi connectivity index (χ4v) is 3.30. The van der Waals surface area contributed by atoms with Crippen molar-refractivity contribution in [1.29, 1.82) is 0 Å². The molecular formula is C19H16F3NO6S. The van der Waals surface area contributed by atoms with E-state index in [9.17, 15) is 31.2 Å². The molecule has 0 fully saturated rings. The summed E-state index contributed by atoms with van der Waals surface area (Å²) in [5, 5.41) is 8.54. The summed E-state index contributed by atoms with van der Waals surface area (Å²) in [6.45, 7) is -0.291. The van der Waals surface area contributed by atoms with E-state index in [-0.39, 0.29) is 29.0 Å². The molecule has 0 heterocycles. The van der Waals surface area contributed by atoms with E-state index < -0.39 is 33.9 Å². The number of sulfonamides is 1. The number of halogens is 3. The minimum absolute atomic E-state index is 0.0324. The highest BCUT2D eigenvalue weighted by Crippen LogP contribution is 2.27. The van der Waals surface area contributed by atoms with E-state index in [0.29, 0.717) is 0 Å². The number of carbonyl (C=O) groups excluding carboxylic acids is 1. The molecule has 2 aromatic rings. The lowest BCUT2D eigenvalue weighted by Crippen LogP contribution is -2.26. The number of carboxylic acid groups (broad SMARTS) is 1. The van der Waals surface area contributed by atoms with Gasteiger partial charge < -0.3 is 9.84 Å². The molecule has 0 radical (unpaired) electrons. The maximum atomic E-state index is 12.4. The van der Waals surface area contributed by atoms with Crippen molar-refractivity contribution in [2.45, 2.75) is 17.7 Å². The van der Waals surface area contributed by atoms with Crippen molar-refractivity contribution in [1.82, 2.24) is 4.72 Å². The third kappa shape index (κ3) is 7.01. The molecule has 0 saturated carbocycles. The van der Waals surface area contributed by atoms with Crippen LogP contribution in [-0.2, 0) is 14.8 Å². The van der Waals surface area contributed by atoms with E-state index >= 15 is 0 Å². The predicted octanol–water partition coefficient (Wildman–Crippen LogP) is 3.23. The highest BCUT2D eigenvalue weighted by molar-refractivity contribution is 7.89. The highest BCUT2D eigenvalue weighted by Gasteiger charge is 2.31. The van der Waals surface area contributed by atoms with E-state index in [1.807, 2.05) is 0 Å². The SMILES string of the molecule is O=C(O)CCNS(=O)(=O)c1ccc(C(=O)/C=C/c2ccccc2OC(F)(F)F)cc1. The fraction of sp³-hybridized carbons (Fsp3) is 0.158. The molecule has 0 spiro atoms. The quantitative estimate of drug-likeness (QED) is 0.455. The molecule has 0 aromatic heterocycles. The second kappa shape index (κ2) is 9.55. The summed E-state index contributed by atoms with van der Waals surface area (Å²) >= 11 is 0. The Hall–Kier alpha value is -3.18. The zero-order valence-electron chi connectivity index (χ0n) is 15.2. The molecular weight excluding hydrogens is 427 g/mol. The molecule has 2 aromatic carbocycles. The highest BCUT2D eigenvalue weighted by atomic mass is 32.2. The second-order valence-corrected chi connectivity index (χ2v) is 7.62. The van der Waals surface area contributed by atoms with Crippen LogP contribution >= 0.6 is 0 Å². The fourth-order valence-electron chi connectivity index (χ4n) is 2.27. The van der Waals surface area contributed by atoms with Crippen LogP contribution in [0.15, 0.2) is 59.5 Å². The van der Waals surface area contributed by atoms with E-state index in [4.69, 9.17) is 5.11 Å². The van der Waals surface area contributed by atoms with Gasteiger partial charge in [-0.2, -0.15) is 0 Å². The van der Waals surface area contributed by atoms with Gasteiger partial charge in [-0.05, 0) is 42.5 Å². The van der Waals surface area contributed by atoms with Gasteiger partial charge in [0.1, 0.15) is 5.75 Å². The number of hydrogen-bond acceptors (Lipinski definition) is 5. The lowest BCUT2D eigenvalue weighted by molar-refractivity contribution is -0.274. The van der Waals surface area contributed by atoms with Gasteiger partial charge in [0, 0.05) is 17.7 Å². The van der Waals surface area contributed by atoms with Crippen molar-refractivity contribution >= 4 is 27.9 Å². The number of para-hydroxylation sites is 1. The summed E-state index contributed by atoms with van der Waals surface area (Å²) in [7, 11) is -3.94. The Labute approximate surface area is 169 Å². The maximum absolute atomic E-state index is 12.4. The van der Waals surface area contributed by atoms with Crippen LogP contribution in [0.4, 0.5) is 13.2 Å². The first kappa shape index (κ1) is 23.1. The lowest BCUT2D eigenvalue weighted by atomic mass is 10.1. The second-order valence-electron chi connectivity index (χ2n) is 5.85. The number of allylic oxidation sites excluding steroid dienone is 1. The number of alkyl halides is 3. The van der Waals surface area contributed by atoms with E-state index in [2.05, 4.69) is 9.46 Å². The third-order valence-electron chi connectivity index (χ3n) is 3.64. The number of ether oxygens (including phenoxy) is 1. The number of carboxylic acids is 1. The van der Waals surface area contributed by atoms with Crippen molar-refractivity contribution in [2.24, 2.45) is 0 Å². The Morgan fingerprint density at radius 2 is 1.70 bits per heavy atom. The largest absolute Gasteiger partial charge is 0.573 e. The molecule has 30 heavy (non-hydrogen) atoms. The molecule has 7 nitrogen and oxygen atoms in total. The van der Waals surface area contributed by atoms with Crippen LogP contribution in [0.5, 0.6) is 5.75 Å². The topological polar surface area (TPSA) is 110 Å². The number of aliphatic carboxylic acids is 1. The smallest absolute Gasteiger partial charge is 0.481 e. The predicted molar refractivity (Wildman–Crippen MR) is 100 cm³/mol. The van der Waals surface area contributed by atoms with Crippen LogP contribution < -0.4 is 9.46 Å². The standard InChI is InChI=1S/C19H16F3NO6S/c20-19(21,22)29-17-4-2-1-3-14(17)7-10-16(24)13-5-8-15(9-6-13)30(27,28)23-12-11-18(25)26/h1-10,23H,11-12H2,(H,25,26)/b10-7+. The van der Waals surface area contributed by atoms with E-state index in [0.717, 1.165) is 30.4 Å². The van der Waals surface area contributed by atoms with Crippen LogP contribution in [-0.4, -0.2) is 38.2 Å². The van der Waals surface area contributed by atoms with Gasteiger partial charge in [-0.25, -0.2) is 13.1 Å². The average Bonchev–Trinajstić information content (AvgIpc) is 2.65. The Balaban J connectivity index is 2.11. The van der Waals surface area contributed by atoms with Crippen molar-refractivity contribution < 1.29 is 41.0 Å². The molecule has 0 saturated heterocycles. The molecule has 2 rings (SSSR count). The number of ketones is 1. The van der Waals surface area contributed by atoms with Gasteiger partial charge in [-0.15, -0.1) is 13.2 Å². The van der Waals surface area contributed by atoms with Crippen molar-refractivity contribution in [3.63, 3.8) is 0 Å². The molecule has 0 atom stereocenters. The van der Waals surface area contributed by atoms with Crippen molar-refractivity contribution in [3.05, 3.63) is 65.7 Å². The van der Waals surface area contributed by atoms with Gasteiger partial charge in [0.15, 0.2) is 5.78 Å². The first-order chi connectivity index (χ1) is 14.0. The molecule has 2 N–H and O–H groups in total. The van der Waals surface area contributed by atoms with Gasteiger partial charge in [0.05, 0.1) is 11.3 Å². The number of carbonyl (C=O) groups is 2. The van der Waals surface area contributed by atoms with Crippen LogP contribution in [0.3, 0.4) is 0 Å². The Kier molecular flexibility index (Phi) is 7.35. The Bertz CT molecular complexity index is 1050. The van der Waals surface area contributed by atoms with Crippen LogP contribution in [0.1, 0.15) is 22.3 Å². The molecule has 0 unspecified atom stereocenters. The first-order valence-electron chi connectivity index (χ1n) is 8.37. The molecule has 11 heteroatoms. The molecule has 0 bridgehead atoms. The monoisotopic (exact) mass is 443 g/mol. The minimum Gasteiger partial charge on any atom is -0.481 e. The Morgan fingerprint density at radius 3 is 2.30 bits per heavy atom. The summed E-state index contributed by atoms with van der Waals surface area (Å²) in [5.74, 6) is -2.20. The third-order valence-corrected chi connectivity index (χ3v) is 5.12. The van der Waals surface area contributed by atoms with Crippen LogP contribution in [0.25, 0.3) is 6.08 Å². The molecule has 0 amide bonds. The molecule has 0 aliphatic carbocycles. The normalized spacial score (nSPS) is 12.1. The van der Waals surface area contributed by atoms with E-state index in [1.54, 1.807) is 0 Å². The van der Waals surface area contributed by atoms with E-state index in [1.165, 1.54) is 30.3 Å². The van der Waals surface area contributed by atoms with Gasteiger partial charge in [0.25, 0.3) is 0 Å². The molecule has 160 valence electrons. The zero-order chi connectivity index (χ0) is 22.4. The zero-order valence-corrected chi connectivity index (χ0v) is 16.0. The number of benzene rings is 2. The molecule has 0 aliphatic rings. The number of nitrogens with one attached hydrogen (secondary N) is 1. The summed E-state index contributed by atoms with van der Waals surface area (Å²) in [6.07, 6.45) is -3.08. The number of rotatable bonds is 9. The minimum atomic E-state index is -4.88. The lowest BCUT2D eigenvalue weighted by Gasteiger charge is -2.10. The van der Waals surface area contributed by atoms with Crippen LogP contribution in [0, 0.1) is 0 Å². The first-order valence-corrected chi connectivity index (χ1v) is 9.85. The number of hydrogen-bond donors (Lipinski definition) is 2. The molecule has 0 aliphatic heterocycles. The van der Waals surface area contributed by atoms with Crippen LogP contribution in [0.2, 0.25) is 0 Å². The summed E-state index contributed by atoms with van der Waals surface area (Å²) in [4.78, 5) is 22.5. The Morgan fingerprint density at radius 1 is 1.07 bits per heavy atom.